The molecule has 3 aromatic heterocycles. The molecule has 2 aliphatic rings. The van der Waals surface area contributed by atoms with Crippen LogP contribution in [-0.4, -0.2) is 54.7 Å². The quantitative estimate of drug-likeness (QED) is 0.266. The molecule has 3 N–H and O–H groups in total. The molecule has 228 valence electrons. The Morgan fingerprint density at radius 1 is 1.07 bits per heavy atom. The molecule has 11 nitrogen and oxygen atoms in total. The highest BCUT2D eigenvalue weighted by Gasteiger charge is 2.30. The van der Waals surface area contributed by atoms with Gasteiger partial charge in [0.05, 0.1) is 31.1 Å². The summed E-state index contributed by atoms with van der Waals surface area (Å²) < 4.78 is 10.3. The van der Waals surface area contributed by atoms with Crippen molar-refractivity contribution in [3.8, 4) is 5.75 Å². The van der Waals surface area contributed by atoms with Crippen LogP contribution >= 0.6 is 0 Å². The number of hydrogen-bond donors (Lipinski definition) is 3. The number of urea groups is 1. The van der Waals surface area contributed by atoms with Crippen LogP contribution in [-0.2, 0) is 12.0 Å². The second-order valence-corrected chi connectivity index (χ2v) is 12.7. The van der Waals surface area contributed by atoms with Gasteiger partial charge < -0.3 is 20.1 Å². The number of benzene rings is 1. The molecular formula is C32H42N8O3. The molecule has 1 aromatic carbocycles. The number of carbonyl (C=O) groups is 1. The third-order valence-electron chi connectivity index (χ3n) is 8.54. The van der Waals surface area contributed by atoms with E-state index in [4.69, 9.17) is 4.74 Å². The van der Waals surface area contributed by atoms with Crippen molar-refractivity contribution in [2.45, 2.75) is 89.9 Å². The van der Waals surface area contributed by atoms with E-state index in [1.807, 2.05) is 40.9 Å². The lowest BCUT2D eigenvalue weighted by atomic mass is 9.85. The number of pyridine rings is 1. The maximum atomic E-state index is 13.2. The molecule has 0 spiro atoms. The average Bonchev–Trinajstić information content (AvgIpc) is 3.59. The molecule has 0 saturated carbocycles. The van der Waals surface area contributed by atoms with Crippen LogP contribution in [0.2, 0.25) is 0 Å². The number of ether oxygens (including phenoxy) is 1. The highest BCUT2D eigenvalue weighted by molar-refractivity contribution is 5.88. The minimum absolute atomic E-state index is 0.0675. The van der Waals surface area contributed by atoms with Gasteiger partial charge in [0.25, 0.3) is 0 Å². The average molecular weight is 587 g/mol. The van der Waals surface area contributed by atoms with Crippen molar-refractivity contribution in [1.29, 1.82) is 0 Å². The number of aromatic nitrogens is 5. The SMILES string of the molecule is CC1CCCCN1c1nnc2ccc(O[C@@H]3CC[C@H](NC(=O)Nc4cc(C(C)(C)C)nn4CCO)c4ccccc43)cn12. The summed E-state index contributed by atoms with van der Waals surface area (Å²) in [6.45, 7) is 9.66. The third-order valence-corrected chi connectivity index (χ3v) is 8.54. The monoisotopic (exact) mass is 586 g/mol. The molecule has 0 bridgehead atoms. The largest absolute Gasteiger partial charge is 0.484 e. The fourth-order valence-electron chi connectivity index (χ4n) is 6.17. The number of anilines is 2. The van der Waals surface area contributed by atoms with E-state index in [2.05, 4.69) is 70.7 Å². The number of fused-ring (bicyclic) bond motifs is 2. The molecule has 4 aromatic rings. The van der Waals surface area contributed by atoms with E-state index in [9.17, 15) is 9.90 Å². The predicted molar refractivity (Wildman–Crippen MR) is 166 cm³/mol. The van der Waals surface area contributed by atoms with Gasteiger partial charge in [-0.2, -0.15) is 5.10 Å². The van der Waals surface area contributed by atoms with Crippen LogP contribution in [0, 0.1) is 0 Å². The summed E-state index contributed by atoms with van der Waals surface area (Å²) in [6, 6.07) is 13.9. The first kappa shape index (κ1) is 29.0. The fourth-order valence-corrected chi connectivity index (χ4v) is 6.17. The van der Waals surface area contributed by atoms with Crippen LogP contribution in [0.4, 0.5) is 16.6 Å². The molecule has 1 unspecified atom stereocenters. The predicted octanol–water partition coefficient (Wildman–Crippen LogP) is 5.37. The summed E-state index contributed by atoms with van der Waals surface area (Å²) in [5, 5.41) is 29.1. The van der Waals surface area contributed by atoms with Crippen molar-refractivity contribution in [3.05, 3.63) is 65.5 Å². The fraction of sp³-hybridized carbons (Fsp3) is 0.500. The molecule has 43 heavy (non-hydrogen) atoms. The lowest BCUT2D eigenvalue weighted by Crippen LogP contribution is -2.38. The van der Waals surface area contributed by atoms with Crippen molar-refractivity contribution in [2.24, 2.45) is 0 Å². The first-order valence-electron chi connectivity index (χ1n) is 15.3. The van der Waals surface area contributed by atoms with Crippen LogP contribution in [0.5, 0.6) is 5.75 Å². The van der Waals surface area contributed by atoms with Gasteiger partial charge >= 0.3 is 6.03 Å². The molecule has 1 aliphatic carbocycles. The Morgan fingerprint density at radius 3 is 2.65 bits per heavy atom. The molecule has 1 aliphatic heterocycles. The Bertz CT molecular complexity index is 1590. The summed E-state index contributed by atoms with van der Waals surface area (Å²) >= 11 is 0. The van der Waals surface area contributed by atoms with E-state index in [0.717, 1.165) is 66.4 Å². The Hall–Kier alpha value is -4.12. The van der Waals surface area contributed by atoms with Gasteiger partial charge in [-0.3, -0.25) is 9.72 Å². The number of nitrogens with zero attached hydrogens (tertiary/aromatic N) is 6. The molecule has 1 fully saturated rings. The molecule has 0 radical (unpaired) electrons. The smallest absolute Gasteiger partial charge is 0.320 e. The highest BCUT2D eigenvalue weighted by atomic mass is 16.5. The second-order valence-electron chi connectivity index (χ2n) is 12.7. The summed E-state index contributed by atoms with van der Waals surface area (Å²) in [6.07, 6.45) is 6.87. The summed E-state index contributed by atoms with van der Waals surface area (Å²) in [7, 11) is 0. The zero-order valence-electron chi connectivity index (χ0n) is 25.5. The second kappa shape index (κ2) is 11.9. The molecule has 11 heteroatoms. The Morgan fingerprint density at radius 2 is 1.88 bits per heavy atom. The number of nitrogens with one attached hydrogen (secondary N) is 2. The van der Waals surface area contributed by atoms with Gasteiger partial charge in [0, 0.05) is 24.1 Å². The maximum absolute atomic E-state index is 13.2. The normalized spacial score (nSPS) is 20.6. The number of amides is 2. The Balaban J connectivity index is 1.18. The van der Waals surface area contributed by atoms with E-state index in [1.54, 1.807) is 4.68 Å². The number of aliphatic hydroxyl groups excluding tert-OH is 1. The van der Waals surface area contributed by atoms with E-state index in [-0.39, 0.29) is 30.2 Å². The van der Waals surface area contributed by atoms with Gasteiger partial charge in [0.1, 0.15) is 17.7 Å². The zero-order chi connectivity index (χ0) is 30.1. The summed E-state index contributed by atoms with van der Waals surface area (Å²) in [5.74, 6) is 2.18. The first-order valence-corrected chi connectivity index (χ1v) is 15.3. The van der Waals surface area contributed by atoms with Crippen molar-refractivity contribution < 1.29 is 14.6 Å². The van der Waals surface area contributed by atoms with Crippen LogP contribution in [0.25, 0.3) is 5.65 Å². The third kappa shape index (κ3) is 6.04. The number of aliphatic hydroxyl groups is 1. The minimum atomic E-state index is -0.309. The van der Waals surface area contributed by atoms with E-state index >= 15 is 0 Å². The molecular weight excluding hydrogens is 544 g/mol. The van der Waals surface area contributed by atoms with Gasteiger partial charge in [-0.15, -0.1) is 10.2 Å². The van der Waals surface area contributed by atoms with Gasteiger partial charge in [-0.25, -0.2) is 9.48 Å². The van der Waals surface area contributed by atoms with E-state index < -0.39 is 0 Å². The van der Waals surface area contributed by atoms with Gasteiger partial charge in [0.15, 0.2) is 5.65 Å². The number of rotatable bonds is 7. The zero-order valence-corrected chi connectivity index (χ0v) is 25.5. The van der Waals surface area contributed by atoms with Gasteiger partial charge in [-0.05, 0) is 62.3 Å². The highest BCUT2D eigenvalue weighted by Crippen LogP contribution is 2.39. The molecule has 2 amide bonds. The van der Waals surface area contributed by atoms with Crippen molar-refractivity contribution >= 4 is 23.4 Å². The minimum Gasteiger partial charge on any atom is -0.484 e. The van der Waals surface area contributed by atoms with Crippen molar-refractivity contribution in [1.82, 2.24) is 29.7 Å². The van der Waals surface area contributed by atoms with Crippen LogP contribution in [0.15, 0.2) is 48.7 Å². The van der Waals surface area contributed by atoms with Crippen molar-refractivity contribution in [3.63, 3.8) is 0 Å². The van der Waals surface area contributed by atoms with Crippen LogP contribution in [0.3, 0.4) is 0 Å². The van der Waals surface area contributed by atoms with Gasteiger partial charge in [-0.1, -0.05) is 45.0 Å². The molecule has 6 rings (SSSR count). The lowest BCUT2D eigenvalue weighted by Gasteiger charge is -2.33. The van der Waals surface area contributed by atoms with Crippen molar-refractivity contribution in [2.75, 3.05) is 23.4 Å². The Labute approximate surface area is 252 Å². The molecule has 4 heterocycles. The topological polar surface area (TPSA) is 122 Å². The standard InChI is InChI=1S/C32H42N8O3/c1-21-9-7-8-16-38(21)31-36-35-28-15-12-22(20-39(28)31)43-26-14-13-25(23-10-5-6-11-24(23)26)33-30(42)34-29-19-27(32(2,3)4)37-40(29)17-18-41/h5-6,10-12,15,19-21,25-26,41H,7-9,13-14,16-18H2,1-4H3,(H2,33,34,42)/t21?,25-,26+/m0/s1. The lowest BCUT2D eigenvalue weighted by molar-refractivity contribution is 0.171. The van der Waals surface area contributed by atoms with E-state index in [0.29, 0.717) is 18.4 Å². The molecule has 3 atom stereocenters. The molecule has 1 saturated heterocycles. The first-order chi connectivity index (χ1) is 20.7. The van der Waals surface area contributed by atoms with E-state index in [1.165, 1.54) is 6.42 Å². The maximum Gasteiger partial charge on any atom is 0.320 e. The van der Waals surface area contributed by atoms with Gasteiger partial charge in [0.2, 0.25) is 5.95 Å². The number of carbonyl (C=O) groups excluding carboxylic acids is 1. The van der Waals surface area contributed by atoms with Crippen LogP contribution in [0.1, 0.15) is 88.8 Å². The number of piperidine rings is 1. The Kier molecular flexibility index (Phi) is 8.00. The summed E-state index contributed by atoms with van der Waals surface area (Å²) in [5.41, 5.74) is 3.57. The summed E-state index contributed by atoms with van der Waals surface area (Å²) in [4.78, 5) is 15.5. The van der Waals surface area contributed by atoms with Crippen LogP contribution < -0.4 is 20.3 Å². The number of hydrogen-bond acceptors (Lipinski definition) is 7.